The predicted molar refractivity (Wildman–Crippen MR) is 91.3 cm³/mol. The number of benzene rings is 2. The second-order valence-electron chi connectivity index (χ2n) is 5.52. The molecule has 0 spiro atoms. The van der Waals surface area contributed by atoms with E-state index in [9.17, 15) is 4.79 Å². The van der Waals surface area contributed by atoms with Crippen molar-refractivity contribution in [2.45, 2.75) is 31.8 Å². The molecule has 2 aromatic carbocycles. The molecule has 0 aliphatic carbocycles. The molecule has 2 rings (SSSR count). The maximum atomic E-state index is 10.3. The van der Waals surface area contributed by atoms with Gasteiger partial charge in [-0.25, -0.2) is 0 Å². The molecule has 1 atom stereocenters. The molecule has 1 unspecified atom stereocenters. The first-order valence-electron chi connectivity index (χ1n) is 8.03. The molecular formula is C20H24O3. The topological polar surface area (TPSA) is 35.5 Å². The van der Waals surface area contributed by atoms with Gasteiger partial charge in [0.25, 0.3) is 0 Å². The molecule has 23 heavy (non-hydrogen) atoms. The van der Waals surface area contributed by atoms with Crippen LogP contribution in [0.3, 0.4) is 0 Å². The lowest BCUT2D eigenvalue weighted by atomic mass is 9.99. The molecule has 0 aliphatic heterocycles. The lowest BCUT2D eigenvalue weighted by Crippen LogP contribution is -2.08. The van der Waals surface area contributed by atoms with Gasteiger partial charge in [-0.05, 0) is 36.0 Å². The van der Waals surface area contributed by atoms with Crippen LogP contribution in [-0.2, 0) is 20.7 Å². The molecule has 0 radical (unpaired) electrons. The van der Waals surface area contributed by atoms with Gasteiger partial charge in [-0.3, -0.25) is 0 Å². The van der Waals surface area contributed by atoms with E-state index in [0.717, 1.165) is 36.7 Å². The minimum atomic E-state index is -0.125. The Kier molecular flexibility index (Phi) is 7.50. The number of hydrogen-bond donors (Lipinski definition) is 0. The van der Waals surface area contributed by atoms with Crippen molar-refractivity contribution < 1.29 is 14.3 Å². The van der Waals surface area contributed by atoms with Crippen LogP contribution in [0.15, 0.2) is 54.6 Å². The van der Waals surface area contributed by atoms with Gasteiger partial charge in [0.2, 0.25) is 0 Å². The minimum absolute atomic E-state index is 0.125. The molecule has 0 N–H and O–H groups in total. The largest absolute Gasteiger partial charge is 0.359 e. The zero-order valence-electron chi connectivity index (χ0n) is 13.6. The van der Waals surface area contributed by atoms with Gasteiger partial charge in [-0.2, -0.15) is 0 Å². The Hall–Kier alpha value is -1.97. The highest BCUT2D eigenvalue weighted by atomic mass is 16.7. The van der Waals surface area contributed by atoms with Gasteiger partial charge in [0.15, 0.2) is 0 Å². The van der Waals surface area contributed by atoms with E-state index in [1.54, 1.807) is 7.11 Å². The summed E-state index contributed by atoms with van der Waals surface area (Å²) in [6.45, 7) is 0.257. The summed E-state index contributed by atoms with van der Waals surface area (Å²) in [6, 6.07) is 18.7. The summed E-state index contributed by atoms with van der Waals surface area (Å²) in [5, 5.41) is 0. The SMILES string of the molecule is COCOC(c1ccccc1)c1ccc(CCCCC=O)cc1. The molecule has 3 heteroatoms. The summed E-state index contributed by atoms with van der Waals surface area (Å²) >= 11 is 0. The van der Waals surface area contributed by atoms with Gasteiger partial charge in [0.05, 0.1) is 0 Å². The zero-order chi connectivity index (χ0) is 16.3. The Morgan fingerprint density at radius 3 is 2.30 bits per heavy atom. The van der Waals surface area contributed by atoms with Crippen molar-refractivity contribution in [1.82, 2.24) is 0 Å². The molecule has 0 heterocycles. The van der Waals surface area contributed by atoms with Crippen LogP contribution in [0.25, 0.3) is 0 Å². The van der Waals surface area contributed by atoms with E-state index in [2.05, 4.69) is 36.4 Å². The maximum Gasteiger partial charge on any atom is 0.147 e. The average molecular weight is 312 g/mol. The summed E-state index contributed by atoms with van der Waals surface area (Å²) in [5.41, 5.74) is 3.52. The van der Waals surface area contributed by atoms with Crippen molar-refractivity contribution in [2.75, 3.05) is 13.9 Å². The molecule has 122 valence electrons. The number of rotatable bonds is 10. The molecular weight excluding hydrogens is 288 g/mol. The third-order valence-electron chi connectivity index (χ3n) is 3.77. The second-order valence-corrected chi connectivity index (χ2v) is 5.52. The fourth-order valence-corrected chi connectivity index (χ4v) is 2.56. The Balaban J connectivity index is 2.05. The highest BCUT2D eigenvalue weighted by molar-refractivity contribution is 5.48. The van der Waals surface area contributed by atoms with E-state index in [4.69, 9.17) is 9.47 Å². The summed E-state index contributed by atoms with van der Waals surface area (Å²) < 4.78 is 10.9. The second kappa shape index (κ2) is 9.93. The molecule has 0 fully saturated rings. The number of unbranched alkanes of at least 4 members (excludes halogenated alkanes) is 2. The van der Waals surface area contributed by atoms with Gasteiger partial charge in [0, 0.05) is 13.5 Å². The van der Waals surface area contributed by atoms with E-state index in [0.29, 0.717) is 6.42 Å². The zero-order valence-corrected chi connectivity index (χ0v) is 13.6. The van der Waals surface area contributed by atoms with Crippen LogP contribution in [0, 0.1) is 0 Å². The maximum absolute atomic E-state index is 10.3. The standard InChI is InChI=1S/C20H24O3/c1-22-16-23-20(18-9-5-2-6-10-18)19-13-11-17(12-14-19)8-4-3-7-15-21/h2,5-6,9-15,20H,3-4,7-8,16H2,1H3. The quantitative estimate of drug-likeness (QED) is 0.372. The van der Waals surface area contributed by atoms with Crippen molar-refractivity contribution in [3.05, 3.63) is 71.3 Å². The van der Waals surface area contributed by atoms with Crippen molar-refractivity contribution in [1.29, 1.82) is 0 Å². The van der Waals surface area contributed by atoms with Crippen LogP contribution < -0.4 is 0 Å². The Morgan fingerprint density at radius 2 is 1.65 bits per heavy atom. The first-order chi connectivity index (χ1) is 11.3. The smallest absolute Gasteiger partial charge is 0.147 e. The van der Waals surface area contributed by atoms with Crippen molar-refractivity contribution in [3.63, 3.8) is 0 Å². The van der Waals surface area contributed by atoms with Gasteiger partial charge in [-0.15, -0.1) is 0 Å². The van der Waals surface area contributed by atoms with E-state index in [1.165, 1.54) is 5.56 Å². The number of hydrogen-bond acceptors (Lipinski definition) is 3. The molecule has 3 nitrogen and oxygen atoms in total. The molecule has 0 bridgehead atoms. The Morgan fingerprint density at radius 1 is 0.957 bits per heavy atom. The third-order valence-corrected chi connectivity index (χ3v) is 3.77. The Bertz CT molecular complexity index is 563. The third kappa shape index (κ3) is 5.62. The van der Waals surface area contributed by atoms with Crippen molar-refractivity contribution >= 4 is 6.29 Å². The highest BCUT2D eigenvalue weighted by Crippen LogP contribution is 2.26. The number of carbonyl (C=O) groups is 1. The molecule has 0 aromatic heterocycles. The first-order valence-corrected chi connectivity index (χ1v) is 8.03. The number of ether oxygens (including phenoxy) is 2. The normalized spacial score (nSPS) is 12.0. The van der Waals surface area contributed by atoms with E-state index in [-0.39, 0.29) is 12.9 Å². The lowest BCUT2D eigenvalue weighted by molar-refractivity contribution is -0.107. The fraction of sp³-hybridized carbons (Fsp3) is 0.350. The monoisotopic (exact) mass is 312 g/mol. The number of aldehydes is 1. The van der Waals surface area contributed by atoms with E-state index >= 15 is 0 Å². The fourth-order valence-electron chi connectivity index (χ4n) is 2.56. The number of carbonyl (C=O) groups excluding carboxylic acids is 1. The van der Waals surface area contributed by atoms with E-state index in [1.807, 2.05) is 18.2 Å². The van der Waals surface area contributed by atoms with Gasteiger partial charge < -0.3 is 14.3 Å². The predicted octanol–water partition coefficient (Wildman–Crippen LogP) is 4.31. The molecule has 0 amide bonds. The molecule has 0 saturated heterocycles. The summed E-state index contributed by atoms with van der Waals surface area (Å²) in [4.78, 5) is 10.3. The van der Waals surface area contributed by atoms with Crippen molar-refractivity contribution in [3.8, 4) is 0 Å². The summed E-state index contributed by atoms with van der Waals surface area (Å²) in [7, 11) is 1.63. The van der Waals surface area contributed by atoms with Crippen LogP contribution in [0.4, 0.5) is 0 Å². The molecule has 0 saturated carbocycles. The number of aryl methyl sites for hydroxylation is 1. The van der Waals surface area contributed by atoms with Gasteiger partial charge in [0.1, 0.15) is 19.2 Å². The molecule has 2 aromatic rings. The van der Waals surface area contributed by atoms with E-state index < -0.39 is 0 Å². The lowest BCUT2D eigenvalue weighted by Gasteiger charge is -2.18. The van der Waals surface area contributed by atoms with Crippen molar-refractivity contribution in [2.24, 2.45) is 0 Å². The van der Waals surface area contributed by atoms with Crippen LogP contribution in [0.5, 0.6) is 0 Å². The Labute approximate surface area is 138 Å². The van der Waals surface area contributed by atoms with Gasteiger partial charge in [-0.1, -0.05) is 54.6 Å². The van der Waals surface area contributed by atoms with Gasteiger partial charge >= 0.3 is 0 Å². The minimum Gasteiger partial charge on any atom is -0.359 e. The number of methoxy groups -OCH3 is 1. The van der Waals surface area contributed by atoms with Crippen LogP contribution in [0.2, 0.25) is 0 Å². The summed E-state index contributed by atoms with van der Waals surface area (Å²) in [5.74, 6) is 0. The summed E-state index contributed by atoms with van der Waals surface area (Å²) in [6.07, 6.45) is 4.51. The van der Waals surface area contributed by atoms with Crippen LogP contribution in [0.1, 0.15) is 42.1 Å². The van der Waals surface area contributed by atoms with Crippen LogP contribution >= 0.6 is 0 Å². The molecule has 0 aliphatic rings. The van der Waals surface area contributed by atoms with Crippen LogP contribution in [-0.4, -0.2) is 20.2 Å². The first kappa shape index (κ1) is 17.4. The average Bonchev–Trinajstić information content (AvgIpc) is 2.61. The highest BCUT2D eigenvalue weighted by Gasteiger charge is 2.14.